The lowest BCUT2D eigenvalue weighted by Gasteiger charge is -2.49. The first kappa shape index (κ1) is 24.4. The number of aromatic nitrogens is 7. The van der Waals surface area contributed by atoms with E-state index in [1.807, 2.05) is 12.3 Å². The van der Waals surface area contributed by atoms with Gasteiger partial charge < -0.3 is 4.74 Å². The third-order valence-corrected chi connectivity index (χ3v) is 7.73. The summed E-state index contributed by atoms with van der Waals surface area (Å²) in [7, 11) is -3.63. The predicted octanol–water partition coefficient (Wildman–Crippen LogP) is 2.28. The Morgan fingerprint density at radius 1 is 1.14 bits per heavy atom. The quantitative estimate of drug-likeness (QED) is 0.325. The molecule has 0 unspecified atom stereocenters. The van der Waals surface area contributed by atoms with E-state index in [9.17, 15) is 21.6 Å². The number of hydrogen-bond acceptors (Lipinski definition) is 7. The van der Waals surface area contributed by atoms with Crippen LogP contribution < -0.4 is 0 Å². The molecule has 0 atom stereocenters. The van der Waals surface area contributed by atoms with Crippen molar-refractivity contribution in [3.8, 4) is 22.6 Å². The van der Waals surface area contributed by atoms with Crippen molar-refractivity contribution in [2.24, 2.45) is 7.05 Å². The monoisotopic (exact) mass is 524 g/mol. The zero-order valence-electron chi connectivity index (χ0n) is 19.4. The highest BCUT2D eigenvalue weighted by Crippen LogP contribution is 2.40. The summed E-state index contributed by atoms with van der Waals surface area (Å²) < 4.78 is 73.9. The van der Waals surface area contributed by atoms with Crippen molar-refractivity contribution >= 4 is 15.7 Å². The summed E-state index contributed by atoms with van der Waals surface area (Å²) in [6, 6.07) is 1.82. The molecule has 0 spiro atoms. The first-order chi connectivity index (χ1) is 17.0. The molecule has 5 rings (SSSR count). The minimum absolute atomic E-state index is 0.242. The summed E-state index contributed by atoms with van der Waals surface area (Å²) >= 11 is 0. The van der Waals surface area contributed by atoms with Crippen LogP contribution in [-0.4, -0.2) is 78.5 Å². The van der Waals surface area contributed by atoms with Crippen molar-refractivity contribution in [2.45, 2.75) is 24.4 Å². The van der Waals surface area contributed by atoms with Crippen molar-refractivity contribution in [3.05, 3.63) is 43.2 Å². The lowest BCUT2D eigenvalue weighted by molar-refractivity contribution is -0.0589. The normalized spacial score (nSPS) is 16.5. The second kappa shape index (κ2) is 8.67. The molecule has 0 aromatic carbocycles. The van der Waals surface area contributed by atoms with E-state index in [1.165, 1.54) is 4.68 Å². The van der Waals surface area contributed by atoms with Gasteiger partial charge in [0, 0.05) is 69.8 Å². The molecule has 0 amide bonds. The maximum Gasteiger partial charge on any atom is 0.511 e. The van der Waals surface area contributed by atoms with Crippen molar-refractivity contribution in [1.29, 1.82) is 0 Å². The van der Waals surface area contributed by atoms with E-state index < -0.39 is 21.1 Å². The molecule has 0 saturated carbocycles. The highest BCUT2D eigenvalue weighted by Gasteiger charge is 2.58. The lowest BCUT2D eigenvalue weighted by Crippen LogP contribution is -2.66. The fraction of sp³-hybridized carbons (Fsp3) is 0.429. The number of halogens is 3. The summed E-state index contributed by atoms with van der Waals surface area (Å²) in [6.07, 6.45) is 10.4. The summed E-state index contributed by atoms with van der Waals surface area (Å²) in [5.74, 6) is 0.522. The second-order valence-electron chi connectivity index (χ2n) is 8.59. The van der Waals surface area contributed by atoms with Crippen LogP contribution in [0.5, 0.6) is 0 Å². The van der Waals surface area contributed by atoms with Gasteiger partial charge in [0.05, 0.1) is 29.2 Å². The number of ether oxygens (including phenoxy) is 1. The van der Waals surface area contributed by atoms with Crippen molar-refractivity contribution in [2.75, 3.05) is 26.3 Å². The van der Waals surface area contributed by atoms with Crippen LogP contribution in [0.2, 0.25) is 0 Å². The Balaban J connectivity index is 1.51. The van der Waals surface area contributed by atoms with Crippen LogP contribution in [0.4, 0.5) is 13.2 Å². The van der Waals surface area contributed by atoms with Gasteiger partial charge in [-0.05, 0) is 13.3 Å². The largest absolute Gasteiger partial charge is 0.511 e. The Morgan fingerprint density at radius 3 is 2.56 bits per heavy atom. The zero-order valence-corrected chi connectivity index (χ0v) is 20.2. The van der Waals surface area contributed by atoms with Crippen molar-refractivity contribution in [3.63, 3.8) is 0 Å². The summed E-state index contributed by atoms with van der Waals surface area (Å²) in [5, 5.41) is 8.60. The Labute approximate surface area is 204 Å². The molecule has 0 aliphatic carbocycles. The zero-order chi connectivity index (χ0) is 25.7. The van der Waals surface area contributed by atoms with E-state index in [0.29, 0.717) is 33.6 Å². The van der Waals surface area contributed by atoms with Gasteiger partial charge in [0.1, 0.15) is 11.5 Å². The smallest absolute Gasteiger partial charge is 0.382 e. The molecule has 4 aromatic heterocycles. The number of nitrogens with zero attached hydrogens (tertiary/aromatic N) is 8. The molecule has 0 radical (unpaired) electrons. The van der Waals surface area contributed by atoms with Crippen LogP contribution in [0.15, 0.2) is 43.2 Å². The van der Waals surface area contributed by atoms with Gasteiger partial charge in [0.15, 0.2) is 0 Å². The average Bonchev–Trinajstić information content (AvgIpc) is 3.54. The maximum atomic E-state index is 13.1. The van der Waals surface area contributed by atoms with Crippen LogP contribution in [0.25, 0.3) is 28.3 Å². The van der Waals surface area contributed by atoms with Crippen LogP contribution in [-0.2, 0) is 27.3 Å². The summed E-state index contributed by atoms with van der Waals surface area (Å²) in [6.45, 7) is 1.73. The first-order valence-corrected chi connectivity index (χ1v) is 12.5. The molecule has 0 bridgehead atoms. The van der Waals surface area contributed by atoms with Gasteiger partial charge in [0.25, 0.3) is 0 Å². The fourth-order valence-electron chi connectivity index (χ4n) is 4.28. The Kier molecular flexibility index (Phi) is 5.88. The summed E-state index contributed by atoms with van der Waals surface area (Å²) in [4.78, 5) is 9.13. The highest BCUT2D eigenvalue weighted by molar-refractivity contribution is 7.90. The van der Waals surface area contributed by atoms with Gasteiger partial charge >= 0.3 is 15.5 Å². The minimum atomic E-state index is -5.43. The topological polar surface area (TPSA) is 112 Å². The average molecular weight is 525 g/mol. The maximum absolute atomic E-state index is 13.1. The number of alkyl halides is 3. The number of hydrogen-bond donors (Lipinski definition) is 0. The number of imidazole rings is 1. The molecular weight excluding hydrogens is 501 g/mol. The van der Waals surface area contributed by atoms with Gasteiger partial charge in [-0.3, -0.25) is 13.8 Å². The highest BCUT2D eigenvalue weighted by atomic mass is 32.2. The number of sulfonamides is 1. The van der Waals surface area contributed by atoms with Crippen LogP contribution in [0.3, 0.4) is 0 Å². The molecule has 1 saturated heterocycles. The number of aryl methyl sites for hydroxylation is 1. The van der Waals surface area contributed by atoms with Crippen LogP contribution in [0.1, 0.15) is 13.3 Å². The third kappa shape index (κ3) is 4.06. The number of rotatable bonds is 8. The molecular formula is C21H23F3N8O3S. The lowest BCUT2D eigenvalue weighted by atomic mass is 9.89. The number of fused-ring (bicyclic) bond motifs is 1. The molecule has 1 aliphatic heterocycles. The van der Waals surface area contributed by atoms with Crippen LogP contribution in [0, 0.1) is 0 Å². The van der Waals surface area contributed by atoms with Gasteiger partial charge in [-0.2, -0.15) is 27.7 Å². The van der Waals surface area contributed by atoms with E-state index >= 15 is 0 Å². The molecule has 5 heterocycles. The van der Waals surface area contributed by atoms with Gasteiger partial charge in [0.2, 0.25) is 0 Å². The SMILES string of the molecule is CCOCCC1(n2cc(-c3nc(-c4cnn(C)c4)cc4nccn34)cn2)CN(S(=O)(=O)C(F)(F)F)C1. The molecule has 11 nitrogen and oxygen atoms in total. The Bertz CT molecular complexity index is 1500. The molecule has 0 N–H and O–H groups in total. The first-order valence-electron chi connectivity index (χ1n) is 11.1. The van der Waals surface area contributed by atoms with Crippen molar-refractivity contribution in [1.82, 2.24) is 38.2 Å². The molecule has 192 valence electrons. The molecule has 1 fully saturated rings. The molecule has 36 heavy (non-hydrogen) atoms. The second-order valence-corrected chi connectivity index (χ2v) is 10.5. The third-order valence-electron chi connectivity index (χ3n) is 6.21. The van der Waals surface area contributed by atoms with E-state index in [2.05, 4.69) is 15.2 Å². The summed E-state index contributed by atoms with van der Waals surface area (Å²) in [5.41, 5.74) is -3.68. The van der Waals surface area contributed by atoms with Gasteiger partial charge in [-0.15, -0.1) is 0 Å². The fourth-order valence-corrected chi connectivity index (χ4v) is 5.39. The minimum Gasteiger partial charge on any atom is -0.382 e. The molecule has 1 aliphatic rings. The van der Waals surface area contributed by atoms with E-state index in [1.54, 1.807) is 54.0 Å². The van der Waals surface area contributed by atoms with E-state index in [-0.39, 0.29) is 26.1 Å². The standard InChI is InChI=1S/C21H23F3N8O3S/c1-3-35-7-4-20(13-30(14-20)36(33,34)21(22,23)24)32-12-16(10-27-32)19-28-17(15-9-26-29(2)11-15)8-18-25-5-6-31(18)19/h5-6,8-12H,3-4,7,13-14H2,1-2H3. The van der Waals surface area contributed by atoms with Gasteiger partial charge in [-0.1, -0.05) is 0 Å². The Morgan fingerprint density at radius 2 is 1.89 bits per heavy atom. The molecule has 15 heteroatoms. The predicted molar refractivity (Wildman–Crippen MR) is 122 cm³/mol. The van der Waals surface area contributed by atoms with E-state index in [0.717, 1.165) is 5.56 Å². The van der Waals surface area contributed by atoms with Crippen LogP contribution >= 0.6 is 0 Å². The van der Waals surface area contributed by atoms with Crippen molar-refractivity contribution < 1.29 is 26.3 Å². The van der Waals surface area contributed by atoms with E-state index in [4.69, 9.17) is 9.72 Å². The van der Waals surface area contributed by atoms with Gasteiger partial charge in [-0.25, -0.2) is 18.4 Å². The Hall–Kier alpha value is -3.30. The molecule has 4 aromatic rings.